The molecular formula is C19H24N2O. The molecule has 1 aliphatic rings. The van der Waals surface area contributed by atoms with Crippen LogP contribution < -0.4 is 10.5 Å². The zero-order chi connectivity index (χ0) is 15.2. The fourth-order valence-electron chi connectivity index (χ4n) is 2.89. The van der Waals surface area contributed by atoms with Crippen LogP contribution in [0.25, 0.3) is 0 Å². The highest BCUT2D eigenvalue weighted by Gasteiger charge is 2.14. The first-order valence-electron chi connectivity index (χ1n) is 8.06. The van der Waals surface area contributed by atoms with Crippen molar-refractivity contribution < 1.29 is 4.74 Å². The summed E-state index contributed by atoms with van der Waals surface area (Å²) in [4.78, 5) is 2.50. The molecule has 3 rings (SSSR count). The fourth-order valence-corrected chi connectivity index (χ4v) is 2.89. The van der Waals surface area contributed by atoms with E-state index in [1.165, 1.54) is 37.1 Å². The van der Waals surface area contributed by atoms with Crippen molar-refractivity contribution in [1.82, 2.24) is 4.90 Å². The van der Waals surface area contributed by atoms with Gasteiger partial charge in [-0.15, -0.1) is 0 Å². The number of benzene rings is 2. The molecule has 0 bridgehead atoms. The molecule has 3 heteroatoms. The number of hydrogen-bond acceptors (Lipinski definition) is 3. The second kappa shape index (κ2) is 7.43. The molecule has 0 amide bonds. The van der Waals surface area contributed by atoms with Gasteiger partial charge in [-0.1, -0.05) is 42.5 Å². The fraction of sp³-hybridized carbons (Fsp3) is 0.368. The molecule has 1 fully saturated rings. The van der Waals surface area contributed by atoms with Crippen LogP contribution in [0.3, 0.4) is 0 Å². The lowest BCUT2D eigenvalue weighted by atomic mass is 10.1. The quantitative estimate of drug-likeness (QED) is 0.888. The second-order valence-electron chi connectivity index (χ2n) is 5.90. The Labute approximate surface area is 132 Å². The van der Waals surface area contributed by atoms with Crippen LogP contribution in [0.5, 0.6) is 5.75 Å². The van der Waals surface area contributed by atoms with Crippen molar-refractivity contribution in [2.45, 2.75) is 32.5 Å². The first kappa shape index (κ1) is 15.1. The topological polar surface area (TPSA) is 38.5 Å². The Morgan fingerprint density at radius 3 is 2.32 bits per heavy atom. The minimum atomic E-state index is 0.583. The Bertz CT molecular complexity index is 589. The van der Waals surface area contributed by atoms with Crippen molar-refractivity contribution in [1.29, 1.82) is 0 Å². The molecule has 0 spiro atoms. The maximum atomic E-state index is 6.05. The third-order valence-corrected chi connectivity index (χ3v) is 4.22. The summed E-state index contributed by atoms with van der Waals surface area (Å²) >= 11 is 0. The lowest BCUT2D eigenvalue weighted by Crippen LogP contribution is -2.18. The van der Waals surface area contributed by atoms with E-state index < -0.39 is 0 Å². The summed E-state index contributed by atoms with van der Waals surface area (Å²) in [5.74, 6) is 0.998. The molecule has 1 saturated heterocycles. The van der Waals surface area contributed by atoms with Gasteiger partial charge in [0.05, 0.1) is 0 Å². The molecule has 2 aromatic rings. The number of likely N-dealkylation sites (tertiary alicyclic amines) is 1. The van der Waals surface area contributed by atoms with E-state index in [1.54, 1.807) is 0 Å². The Kier molecular flexibility index (Phi) is 5.09. The van der Waals surface area contributed by atoms with Crippen molar-refractivity contribution in [3.05, 3.63) is 65.2 Å². The number of ether oxygens (including phenoxy) is 1. The van der Waals surface area contributed by atoms with Crippen LogP contribution in [-0.4, -0.2) is 18.0 Å². The molecular weight excluding hydrogens is 272 g/mol. The summed E-state index contributed by atoms with van der Waals surface area (Å²) in [6.07, 6.45) is 2.63. The highest BCUT2D eigenvalue weighted by Crippen LogP contribution is 2.23. The van der Waals surface area contributed by atoms with Crippen LogP contribution in [0.2, 0.25) is 0 Å². The zero-order valence-corrected chi connectivity index (χ0v) is 13.0. The molecule has 2 aromatic carbocycles. The van der Waals surface area contributed by atoms with E-state index in [-0.39, 0.29) is 0 Å². The molecule has 0 unspecified atom stereocenters. The summed E-state index contributed by atoms with van der Waals surface area (Å²) in [5.41, 5.74) is 9.23. The number of nitrogens with zero attached hydrogens (tertiary/aromatic N) is 1. The average Bonchev–Trinajstić information content (AvgIpc) is 3.07. The largest absolute Gasteiger partial charge is 0.489 e. The third-order valence-electron chi connectivity index (χ3n) is 4.22. The molecule has 0 atom stereocenters. The molecule has 1 heterocycles. The normalized spacial score (nSPS) is 15.1. The predicted molar refractivity (Wildman–Crippen MR) is 89.6 cm³/mol. The van der Waals surface area contributed by atoms with Crippen LogP contribution in [0.4, 0.5) is 0 Å². The Hall–Kier alpha value is -1.84. The highest BCUT2D eigenvalue weighted by molar-refractivity contribution is 5.33. The van der Waals surface area contributed by atoms with Gasteiger partial charge in [-0.25, -0.2) is 0 Å². The monoisotopic (exact) mass is 296 g/mol. The summed E-state index contributed by atoms with van der Waals surface area (Å²) in [5, 5.41) is 0. The van der Waals surface area contributed by atoms with Gasteiger partial charge in [0, 0.05) is 18.7 Å². The molecule has 0 saturated carbocycles. The predicted octanol–water partition coefficient (Wildman–Crippen LogP) is 3.32. The van der Waals surface area contributed by atoms with Crippen molar-refractivity contribution in [2.24, 2.45) is 5.73 Å². The van der Waals surface area contributed by atoms with Crippen LogP contribution in [0.1, 0.15) is 29.5 Å². The van der Waals surface area contributed by atoms with E-state index in [9.17, 15) is 0 Å². The average molecular weight is 296 g/mol. The van der Waals surface area contributed by atoms with E-state index in [1.807, 2.05) is 6.07 Å². The molecule has 2 N–H and O–H groups in total. The molecule has 0 aromatic heterocycles. The Balaban J connectivity index is 1.63. The Morgan fingerprint density at radius 2 is 1.59 bits per heavy atom. The van der Waals surface area contributed by atoms with Gasteiger partial charge in [-0.2, -0.15) is 0 Å². The molecule has 0 radical (unpaired) electrons. The zero-order valence-electron chi connectivity index (χ0n) is 13.0. The molecule has 0 aliphatic carbocycles. The van der Waals surface area contributed by atoms with Gasteiger partial charge < -0.3 is 10.5 Å². The van der Waals surface area contributed by atoms with Gasteiger partial charge >= 0.3 is 0 Å². The van der Waals surface area contributed by atoms with Crippen molar-refractivity contribution in [3.8, 4) is 5.75 Å². The van der Waals surface area contributed by atoms with E-state index in [4.69, 9.17) is 10.5 Å². The van der Waals surface area contributed by atoms with E-state index in [0.29, 0.717) is 13.2 Å². The molecule has 116 valence electrons. The second-order valence-corrected chi connectivity index (χ2v) is 5.90. The number of hydrogen-bond donors (Lipinski definition) is 1. The van der Waals surface area contributed by atoms with E-state index >= 15 is 0 Å². The summed E-state index contributed by atoms with van der Waals surface area (Å²) in [6.45, 7) is 4.58. The van der Waals surface area contributed by atoms with Crippen LogP contribution in [0.15, 0.2) is 48.5 Å². The SMILES string of the molecule is NCc1ccc(COc2ccccc2CN2CCCC2)cc1. The van der Waals surface area contributed by atoms with Crippen molar-refractivity contribution >= 4 is 0 Å². The molecule has 22 heavy (non-hydrogen) atoms. The summed E-state index contributed by atoms with van der Waals surface area (Å²) in [6, 6.07) is 16.7. The Morgan fingerprint density at radius 1 is 0.909 bits per heavy atom. The molecule has 3 nitrogen and oxygen atoms in total. The summed E-state index contributed by atoms with van der Waals surface area (Å²) < 4.78 is 6.05. The molecule has 1 aliphatic heterocycles. The first-order valence-corrected chi connectivity index (χ1v) is 8.06. The van der Waals surface area contributed by atoms with Gasteiger partial charge in [0.2, 0.25) is 0 Å². The third kappa shape index (κ3) is 3.87. The van der Waals surface area contributed by atoms with Crippen LogP contribution in [0, 0.1) is 0 Å². The standard InChI is InChI=1S/C19H24N2O/c20-13-16-7-9-17(10-8-16)15-22-19-6-2-1-5-18(19)14-21-11-3-4-12-21/h1-2,5-10H,3-4,11-15,20H2. The lowest BCUT2D eigenvalue weighted by molar-refractivity contribution is 0.286. The minimum Gasteiger partial charge on any atom is -0.489 e. The minimum absolute atomic E-state index is 0.583. The van der Waals surface area contributed by atoms with Crippen LogP contribution >= 0.6 is 0 Å². The lowest BCUT2D eigenvalue weighted by Gasteiger charge is -2.17. The van der Waals surface area contributed by atoms with Gasteiger partial charge in [0.25, 0.3) is 0 Å². The van der Waals surface area contributed by atoms with E-state index in [0.717, 1.165) is 17.9 Å². The van der Waals surface area contributed by atoms with Gasteiger partial charge in [0.1, 0.15) is 12.4 Å². The van der Waals surface area contributed by atoms with Crippen LogP contribution in [-0.2, 0) is 19.7 Å². The first-order chi connectivity index (χ1) is 10.8. The smallest absolute Gasteiger partial charge is 0.124 e. The maximum absolute atomic E-state index is 6.05. The van der Waals surface area contributed by atoms with Crippen molar-refractivity contribution in [2.75, 3.05) is 13.1 Å². The van der Waals surface area contributed by atoms with Gasteiger partial charge in [-0.3, -0.25) is 4.90 Å². The van der Waals surface area contributed by atoms with E-state index in [2.05, 4.69) is 47.4 Å². The highest BCUT2D eigenvalue weighted by atomic mass is 16.5. The summed E-state index contributed by atoms with van der Waals surface area (Å²) in [7, 11) is 0. The number of rotatable bonds is 6. The van der Waals surface area contributed by atoms with Gasteiger partial charge in [-0.05, 0) is 43.1 Å². The number of para-hydroxylation sites is 1. The maximum Gasteiger partial charge on any atom is 0.124 e. The van der Waals surface area contributed by atoms with Crippen molar-refractivity contribution in [3.63, 3.8) is 0 Å². The number of nitrogens with two attached hydrogens (primary N) is 1. The van der Waals surface area contributed by atoms with Gasteiger partial charge in [0.15, 0.2) is 0 Å².